The molecule has 0 unspecified atom stereocenters. The van der Waals surface area contributed by atoms with Crippen molar-refractivity contribution in [1.82, 2.24) is 9.80 Å². The molecule has 7 heteroatoms. The van der Waals surface area contributed by atoms with Crippen LogP contribution >= 0.6 is 0 Å². The molecular weight excluding hydrogens is 292 g/mol. The third kappa shape index (κ3) is 3.59. The third-order valence-electron chi connectivity index (χ3n) is 3.74. The zero-order valence-corrected chi connectivity index (χ0v) is 12.7. The Morgan fingerprint density at radius 3 is 2.18 bits per heavy atom. The van der Waals surface area contributed by atoms with Crippen LogP contribution in [-0.4, -0.2) is 61.4 Å². The zero-order valence-electron chi connectivity index (χ0n) is 12.7. The molecule has 0 aliphatic carbocycles. The van der Waals surface area contributed by atoms with Crippen molar-refractivity contribution in [1.29, 1.82) is 0 Å². The van der Waals surface area contributed by atoms with E-state index in [0.717, 1.165) is 30.1 Å². The van der Waals surface area contributed by atoms with Crippen LogP contribution in [0.25, 0.3) is 0 Å². The quantitative estimate of drug-likeness (QED) is 0.839. The summed E-state index contributed by atoms with van der Waals surface area (Å²) in [7, 11) is 1.96. The number of rotatable bonds is 3. The number of amides is 2. The smallest absolute Gasteiger partial charge is 0.242 e. The van der Waals surface area contributed by atoms with Gasteiger partial charge in [-0.05, 0) is 19.2 Å². The van der Waals surface area contributed by atoms with Crippen LogP contribution in [0.4, 0.5) is 14.5 Å². The summed E-state index contributed by atoms with van der Waals surface area (Å²) in [6.07, 6.45) is 0. The number of likely N-dealkylation sites (N-methyl/N-ethyl adjacent to an activating group) is 1. The average molecular weight is 311 g/mol. The van der Waals surface area contributed by atoms with Gasteiger partial charge >= 0.3 is 0 Å². The molecule has 1 fully saturated rings. The highest BCUT2D eigenvalue weighted by Gasteiger charge is 2.26. The lowest BCUT2D eigenvalue weighted by Crippen LogP contribution is -2.50. The number of hydrogen-bond donors (Lipinski definition) is 0. The molecule has 2 amide bonds. The molecule has 0 bridgehead atoms. The fourth-order valence-electron chi connectivity index (χ4n) is 2.39. The van der Waals surface area contributed by atoms with Crippen LogP contribution in [0, 0.1) is 11.6 Å². The van der Waals surface area contributed by atoms with E-state index < -0.39 is 23.2 Å². The highest BCUT2D eigenvalue weighted by Crippen LogP contribution is 2.23. The van der Waals surface area contributed by atoms with Crippen LogP contribution in [0.3, 0.4) is 0 Å². The van der Waals surface area contributed by atoms with Gasteiger partial charge in [0, 0.05) is 33.1 Å². The van der Waals surface area contributed by atoms with Crippen molar-refractivity contribution in [3.8, 4) is 0 Å². The van der Waals surface area contributed by atoms with E-state index in [1.807, 2.05) is 7.05 Å². The average Bonchev–Trinajstić information content (AvgIpc) is 2.46. The normalized spacial score (nSPS) is 15.7. The van der Waals surface area contributed by atoms with Crippen LogP contribution in [0.1, 0.15) is 6.92 Å². The summed E-state index contributed by atoms with van der Waals surface area (Å²) in [5.41, 5.74) is -0.475. The lowest BCUT2D eigenvalue weighted by molar-refractivity contribution is -0.132. The number of para-hydroxylation sites is 1. The predicted octanol–water partition coefficient (Wildman–Crippen LogP) is 1.09. The molecule has 0 aromatic heterocycles. The SMILES string of the molecule is CC(=O)N(CC(=O)N1CCN(C)CC1)c1c(F)cccc1F. The second kappa shape index (κ2) is 6.83. The van der Waals surface area contributed by atoms with E-state index in [0.29, 0.717) is 13.1 Å². The van der Waals surface area contributed by atoms with E-state index >= 15 is 0 Å². The Balaban J connectivity index is 2.16. The summed E-state index contributed by atoms with van der Waals surface area (Å²) < 4.78 is 27.7. The van der Waals surface area contributed by atoms with Gasteiger partial charge < -0.3 is 9.80 Å². The van der Waals surface area contributed by atoms with E-state index in [4.69, 9.17) is 0 Å². The molecule has 1 aliphatic rings. The van der Waals surface area contributed by atoms with Crippen LogP contribution in [0.15, 0.2) is 18.2 Å². The van der Waals surface area contributed by atoms with E-state index in [1.165, 1.54) is 13.0 Å². The van der Waals surface area contributed by atoms with Gasteiger partial charge in [-0.25, -0.2) is 8.78 Å². The molecule has 120 valence electrons. The molecule has 1 saturated heterocycles. The molecule has 0 radical (unpaired) electrons. The second-order valence-electron chi connectivity index (χ2n) is 5.36. The Hall–Kier alpha value is -2.02. The van der Waals surface area contributed by atoms with Crippen molar-refractivity contribution in [2.45, 2.75) is 6.92 Å². The van der Waals surface area contributed by atoms with Crippen molar-refractivity contribution >= 4 is 17.5 Å². The van der Waals surface area contributed by atoms with Crippen LogP contribution < -0.4 is 4.90 Å². The summed E-state index contributed by atoms with van der Waals surface area (Å²) in [5, 5.41) is 0. The summed E-state index contributed by atoms with van der Waals surface area (Å²) in [6, 6.07) is 3.35. The first-order valence-electron chi connectivity index (χ1n) is 7.08. The van der Waals surface area contributed by atoms with Crippen molar-refractivity contribution in [3.63, 3.8) is 0 Å². The highest BCUT2D eigenvalue weighted by atomic mass is 19.1. The van der Waals surface area contributed by atoms with Crippen LogP contribution in [0.5, 0.6) is 0 Å². The van der Waals surface area contributed by atoms with Crippen molar-refractivity contribution in [2.24, 2.45) is 0 Å². The van der Waals surface area contributed by atoms with Crippen LogP contribution in [0.2, 0.25) is 0 Å². The number of carbonyl (C=O) groups is 2. The van der Waals surface area contributed by atoms with E-state index in [1.54, 1.807) is 4.90 Å². The summed E-state index contributed by atoms with van der Waals surface area (Å²) in [6.45, 7) is 3.38. The first-order valence-corrected chi connectivity index (χ1v) is 7.08. The zero-order chi connectivity index (χ0) is 16.3. The first-order chi connectivity index (χ1) is 10.4. The van der Waals surface area contributed by atoms with E-state index in [9.17, 15) is 18.4 Å². The molecule has 1 aromatic carbocycles. The lowest BCUT2D eigenvalue weighted by Gasteiger charge is -2.33. The van der Waals surface area contributed by atoms with E-state index in [2.05, 4.69) is 4.90 Å². The standard InChI is InChI=1S/C15H19F2N3O2/c1-11(21)20(15-12(16)4-3-5-13(15)17)10-14(22)19-8-6-18(2)7-9-19/h3-5H,6-10H2,1-2H3. The molecule has 0 atom stereocenters. The Kier molecular flexibility index (Phi) is 5.07. The Labute approximate surface area is 128 Å². The number of nitrogens with zero attached hydrogens (tertiary/aromatic N) is 3. The molecule has 1 aromatic rings. The largest absolute Gasteiger partial charge is 0.339 e. The van der Waals surface area contributed by atoms with Gasteiger partial charge in [-0.2, -0.15) is 0 Å². The molecule has 0 N–H and O–H groups in total. The van der Waals surface area contributed by atoms with Gasteiger partial charge in [-0.1, -0.05) is 6.07 Å². The molecule has 1 heterocycles. The number of halogens is 2. The Morgan fingerprint density at radius 1 is 1.14 bits per heavy atom. The lowest BCUT2D eigenvalue weighted by atomic mass is 10.2. The second-order valence-corrected chi connectivity index (χ2v) is 5.36. The third-order valence-corrected chi connectivity index (χ3v) is 3.74. The Bertz CT molecular complexity index is 552. The number of carbonyl (C=O) groups excluding carboxylic acids is 2. The molecule has 5 nitrogen and oxygen atoms in total. The van der Waals surface area contributed by atoms with Crippen molar-refractivity contribution in [3.05, 3.63) is 29.8 Å². The summed E-state index contributed by atoms with van der Waals surface area (Å²) in [4.78, 5) is 28.6. The van der Waals surface area contributed by atoms with E-state index in [-0.39, 0.29) is 12.5 Å². The minimum absolute atomic E-state index is 0.314. The minimum Gasteiger partial charge on any atom is -0.339 e. The van der Waals surface area contributed by atoms with Crippen LogP contribution in [-0.2, 0) is 9.59 Å². The number of piperazine rings is 1. The van der Waals surface area contributed by atoms with Crippen molar-refractivity contribution in [2.75, 3.05) is 44.7 Å². The van der Waals surface area contributed by atoms with Gasteiger partial charge in [0.15, 0.2) is 0 Å². The van der Waals surface area contributed by atoms with Gasteiger partial charge in [0.2, 0.25) is 11.8 Å². The van der Waals surface area contributed by atoms with Gasteiger partial charge in [0.25, 0.3) is 0 Å². The van der Waals surface area contributed by atoms with Crippen molar-refractivity contribution < 1.29 is 18.4 Å². The summed E-state index contributed by atoms with van der Waals surface area (Å²) in [5.74, 6) is -2.61. The van der Waals surface area contributed by atoms with Gasteiger partial charge in [-0.3, -0.25) is 14.5 Å². The monoisotopic (exact) mass is 311 g/mol. The van der Waals surface area contributed by atoms with Gasteiger partial charge in [-0.15, -0.1) is 0 Å². The number of benzene rings is 1. The fourth-order valence-corrected chi connectivity index (χ4v) is 2.39. The number of anilines is 1. The maximum absolute atomic E-state index is 13.8. The Morgan fingerprint density at radius 2 is 1.68 bits per heavy atom. The molecule has 2 rings (SSSR count). The molecular formula is C15H19F2N3O2. The summed E-state index contributed by atoms with van der Waals surface area (Å²) >= 11 is 0. The predicted molar refractivity (Wildman–Crippen MR) is 78.5 cm³/mol. The maximum atomic E-state index is 13.8. The minimum atomic E-state index is -0.860. The fraction of sp³-hybridized carbons (Fsp3) is 0.467. The first kappa shape index (κ1) is 16.4. The highest BCUT2D eigenvalue weighted by molar-refractivity contribution is 5.97. The molecule has 1 aliphatic heterocycles. The van der Waals surface area contributed by atoms with Gasteiger partial charge in [0.05, 0.1) is 0 Å². The number of hydrogen-bond acceptors (Lipinski definition) is 3. The maximum Gasteiger partial charge on any atom is 0.242 e. The molecule has 0 saturated carbocycles. The molecule has 22 heavy (non-hydrogen) atoms. The topological polar surface area (TPSA) is 43.9 Å². The van der Waals surface area contributed by atoms with Gasteiger partial charge in [0.1, 0.15) is 23.9 Å². The molecule has 0 spiro atoms.